The molecular weight excluding hydrogens is 358 g/mol. The molecule has 0 aliphatic carbocycles. The van der Waals surface area contributed by atoms with Gasteiger partial charge in [-0.3, -0.25) is 4.72 Å². The van der Waals surface area contributed by atoms with Gasteiger partial charge in [0.2, 0.25) is 0 Å². The Morgan fingerprint density at radius 1 is 1.12 bits per heavy atom. The Kier molecular flexibility index (Phi) is 5.20. The maximum absolute atomic E-state index is 12.4. The van der Waals surface area contributed by atoms with Crippen LogP contribution in [0.4, 0.5) is 5.69 Å². The molecule has 0 bridgehead atoms. The van der Waals surface area contributed by atoms with Crippen LogP contribution in [0.5, 0.6) is 11.5 Å². The van der Waals surface area contributed by atoms with Gasteiger partial charge in [-0.15, -0.1) is 0 Å². The van der Waals surface area contributed by atoms with Crippen LogP contribution in [-0.2, 0) is 10.0 Å². The highest BCUT2D eigenvalue weighted by molar-refractivity contribution is 7.92. The normalized spacial score (nSPS) is 11.0. The summed E-state index contributed by atoms with van der Waals surface area (Å²) in [5.41, 5.74) is -0.119. The number of anilines is 1. The number of carbonyl (C=O) groups is 1. The van der Waals surface area contributed by atoms with E-state index in [1.54, 1.807) is 6.07 Å². The molecule has 0 spiro atoms. The number of carboxylic acids is 1. The second-order valence-electron chi connectivity index (χ2n) is 4.62. The van der Waals surface area contributed by atoms with Crippen molar-refractivity contribution in [2.75, 3.05) is 18.9 Å². The summed E-state index contributed by atoms with van der Waals surface area (Å²) in [6.07, 6.45) is 0. The average Bonchev–Trinajstić information content (AvgIpc) is 2.55. The maximum Gasteiger partial charge on any atom is 0.339 e. The van der Waals surface area contributed by atoms with Crippen molar-refractivity contribution < 1.29 is 27.8 Å². The molecule has 2 N–H and O–H groups in total. The lowest BCUT2D eigenvalue weighted by Crippen LogP contribution is -2.14. The number of methoxy groups -OCH3 is 2. The predicted molar refractivity (Wildman–Crippen MR) is 88.8 cm³/mol. The first-order valence-electron chi connectivity index (χ1n) is 6.56. The lowest BCUT2D eigenvalue weighted by Gasteiger charge is -2.12. The molecule has 0 saturated heterocycles. The SMILES string of the molecule is COc1ccc(NS(=O)(=O)c2ccc(OC)c(C(=O)O)c2)c(Cl)c1. The number of nitrogens with one attached hydrogen (secondary N) is 1. The second kappa shape index (κ2) is 6.98. The highest BCUT2D eigenvalue weighted by Gasteiger charge is 2.20. The highest BCUT2D eigenvalue weighted by Crippen LogP contribution is 2.29. The first-order chi connectivity index (χ1) is 11.3. The quantitative estimate of drug-likeness (QED) is 0.809. The van der Waals surface area contributed by atoms with Gasteiger partial charge in [0.05, 0.1) is 29.8 Å². The summed E-state index contributed by atoms with van der Waals surface area (Å²) in [6.45, 7) is 0. The number of aromatic carboxylic acids is 1. The van der Waals surface area contributed by atoms with Gasteiger partial charge in [0.25, 0.3) is 10.0 Å². The van der Waals surface area contributed by atoms with Crippen molar-refractivity contribution in [3.05, 3.63) is 47.0 Å². The summed E-state index contributed by atoms with van der Waals surface area (Å²) >= 11 is 6.01. The van der Waals surface area contributed by atoms with Crippen molar-refractivity contribution in [3.63, 3.8) is 0 Å². The monoisotopic (exact) mass is 371 g/mol. The summed E-state index contributed by atoms with van der Waals surface area (Å²) in [7, 11) is -1.27. The van der Waals surface area contributed by atoms with Gasteiger partial charge in [-0.05, 0) is 30.3 Å². The Morgan fingerprint density at radius 3 is 2.38 bits per heavy atom. The van der Waals surface area contributed by atoms with E-state index in [0.29, 0.717) is 5.75 Å². The number of ether oxygens (including phenoxy) is 2. The van der Waals surface area contributed by atoms with Crippen LogP contribution in [0.25, 0.3) is 0 Å². The molecule has 0 radical (unpaired) electrons. The average molecular weight is 372 g/mol. The van der Waals surface area contributed by atoms with Crippen LogP contribution in [0.15, 0.2) is 41.3 Å². The van der Waals surface area contributed by atoms with Crippen LogP contribution >= 0.6 is 11.6 Å². The minimum Gasteiger partial charge on any atom is -0.497 e. The third kappa shape index (κ3) is 3.72. The van der Waals surface area contributed by atoms with E-state index in [1.807, 2.05) is 0 Å². The van der Waals surface area contributed by atoms with E-state index >= 15 is 0 Å². The number of hydrogen-bond donors (Lipinski definition) is 2. The molecule has 128 valence electrons. The minimum absolute atomic E-state index is 0.0592. The van der Waals surface area contributed by atoms with E-state index in [-0.39, 0.29) is 26.9 Å². The topological polar surface area (TPSA) is 102 Å². The summed E-state index contributed by atoms with van der Waals surface area (Å²) < 4.78 is 37.1. The molecule has 0 atom stereocenters. The predicted octanol–water partition coefficient (Wildman–Crippen LogP) is 2.86. The number of rotatable bonds is 6. The molecule has 0 unspecified atom stereocenters. The zero-order valence-electron chi connectivity index (χ0n) is 12.7. The van der Waals surface area contributed by atoms with E-state index in [0.717, 1.165) is 6.07 Å². The number of halogens is 1. The molecule has 24 heavy (non-hydrogen) atoms. The molecule has 0 fully saturated rings. The summed E-state index contributed by atoms with van der Waals surface area (Å²) in [4.78, 5) is 11.0. The Bertz CT molecular complexity index is 882. The van der Waals surface area contributed by atoms with Crippen LogP contribution in [0.2, 0.25) is 5.02 Å². The van der Waals surface area contributed by atoms with Gasteiger partial charge in [0.15, 0.2) is 0 Å². The van der Waals surface area contributed by atoms with E-state index in [2.05, 4.69) is 4.72 Å². The van der Waals surface area contributed by atoms with Crippen LogP contribution in [0.3, 0.4) is 0 Å². The maximum atomic E-state index is 12.4. The number of carboxylic acid groups (broad SMARTS) is 1. The fraction of sp³-hybridized carbons (Fsp3) is 0.133. The summed E-state index contributed by atoms with van der Waals surface area (Å²) in [5, 5.41) is 9.29. The van der Waals surface area contributed by atoms with Gasteiger partial charge in [-0.1, -0.05) is 11.6 Å². The molecule has 0 aliphatic rings. The number of sulfonamides is 1. The molecule has 9 heteroatoms. The zero-order chi connectivity index (χ0) is 17.9. The zero-order valence-corrected chi connectivity index (χ0v) is 14.3. The van der Waals surface area contributed by atoms with Crippen LogP contribution < -0.4 is 14.2 Å². The molecule has 0 heterocycles. The van der Waals surface area contributed by atoms with E-state index in [4.69, 9.17) is 26.2 Å². The third-order valence-electron chi connectivity index (χ3n) is 3.13. The van der Waals surface area contributed by atoms with Gasteiger partial charge in [0, 0.05) is 6.07 Å². The molecule has 0 amide bonds. The van der Waals surface area contributed by atoms with Gasteiger partial charge < -0.3 is 14.6 Å². The van der Waals surface area contributed by atoms with Gasteiger partial charge in [-0.25, -0.2) is 13.2 Å². The van der Waals surface area contributed by atoms with E-state index < -0.39 is 16.0 Å². The standard InChI is InChI=1S/C15H14ClNO6S/c1-22-9-3-5-13(12(16)7-9)17-24(20,21)10-4-6-14(23-2)11(8-10)15(18)19/h3-8,17H,1-2H3,(H,18,19). The second-order valence-corrected chi connectivity index (χ2v) is 6.71. The molecule has 0 aromatic heterocycles. The van der Waals surface area contributed by atoms with Crippen LogP contribution in [0.1, 0.15) is 10.4 Å². The van der Waals surface area contributed by atoms with Crippen molar-refractivity contribution in [2.24, 2.45) is 0 Å². The molecule has 2 rings (SSSR count). The molecule has 7 nitrogen and oxygen atoms in total. The Labute approximate surface area is 143 Å². The van der Waals surface area contributed by atoms with Crippen molar-refractivity contribution >= 4 is 33.3 Å². The van der Waals surface area contributed by atoms with Crippen LogP contribution in [-0.4, -0.2) is 33.7 Å². The van der Waals surface area contributed by atoms with E-state index in [9.17, 15) is 13.2 Å². The molecule has 2 aromatic carbocycles. The fourth-order valence-electron chi connectivity index (χ4n) is 1.93. The van der Waals surface area contributed by atoms with E-state index in [1.165, 1.54) is 38.5 Å². The van der Waals surface area contributed by atoms with Crippen molar-refractivity contribution in [1.82, 2.24) is 0 Å². The van der Waals surface area contributed by atoms with Crippen molar-refractivity contribution in [3.8, 4) is 11.5 Å². The van der Waals surface area contributed by atoms with Gasteiger partial charge in [-0.2, -0.15) is 0 Å². The van der Waals surface area contributed by atoms with Gasteiger partial charge in [0.1, 0.15) is 17.1 Å². The summed E-state index contributed by atoms with van der Waals surface area (Å²) in [6, 6.07) is 7.97. The fourth-order valence-corrected chi connectivity index (χ4v) is 3.31. The lowest BCUT2D eigenvalue weighted by atomic mass is 10.2. The van der Waals surface area contributed by atoms with Crippen molar-refractivity contribution in [2.45, 2.75) is 4.90 Å². The third-order valence-corrected chi connectivity index (χ3v) is 4.81. The Hall–Kier alpha value is -2.45. The first kappa shape index (κ1) is 17.9. The smallest absolute Gasteiger partial charge is 0.339 e. The molecule has 2 aromatic rings. The Morgan fingerprint density at radius 2 is 1.83 bits per heavy atom. The molecule has 0 saturated carbocycles. The number of hydrogen-bond acceptors (Lipinski definition) is 5. The first-order valence-corrected chi connectivity index (χ1v) is 8.42. The lowest BCUT2D eigenvalue weighted by molar-refractivity contribution is 0.0693. The minimum atomic E-state index is -4.03. The highest BCUT2D eigenvalue weighted by atomic mass is 35.5. The molecular formula is C15H14ClNO6S. The largest absolute Gasteiger partial charge is 0.497 e. The number of benzene rings is 2. The molecule has 0 aliphatic heterocycles. The van der Waals surface area contributed by atoms with Crippen LogP contribution in [0, 0.1) is 0 Å². The summed E-state index contributed by atoms with van der Waals surface area (Å²) in [5.74, 6) is -0.768. The van der Waals surface area contributed by atoms with Gasteiger partial charge >= 0.3 is 5.97 Å². The Balaban J connectivity index is 2.41. The van der Waals surface area contributed by atoms with Crippen molar-refractivity contribution in [1.29, 1.82) is 0 Å².